The first kappa shape index (κ1) is 63.0. The summed E-state index contributed by atoms with van der Waals surface area (Å²) in [4.78, 5) is 93.9. The molecule has 0 fully saturated rings. The number of hydrogen-bond acceptors (Lipinski definition) is 18. The molecule has 0 aliphatic rings. The molecule has 0 aliphatic heterocycles. The van der Waals surface area contributed by atoms with Crippen LogP contribution < -0.4 is 10.6 Å². The van der Waals surface area contributed by atoms with Gasteiger partial charge >= 0.3 is 23.9 Å². The number of carbonyl (C=O) groups is 6. The molecule has 6 aromatic rings. The van der Waals surface area contributed by atoms with Crippen LogP contribution in [0.1, 0.15) is 118 Å². The minimum Gasteiger partial charge on any atom is -0.464 e. The number of hydrogen-bond donors (Lipinski definition) is 2. The molecule has 0 atom stereocenters. The van der Waals surface area contributed by atoms with Gasteiger partial charge in [-0.25, -0.2) is 29.5 Å². The summed E-state index contributed by atoms with van der Waals surface area (Å²) in [7, 11) is 0. The zero-order valence-corrected chi connectivity index (χ0v) is 48.3. The lowest BCUT2D eigenvalue weighted by atomic mass is 9.96. The van der Waals surface area contributed by atoms with Crippen LogP contribution in [-0.2, 0) is 92.8 Å². The molecule has 0 bridgehead atoms. The third kappa shape index (κ3) is 20.1. The second kappa shape index (κ2) is 31.2. The van der Waals surface area contributed by atoms with Crippen molar-refractivity contribution in [2.75, 3.05) is 83.3 Å². The van der Waals surface area contributed by atoms with E-state index >= 15 is 0 Å². The van der Waals surface area contributed by atoms with Crippen molar-refractivity contribution in [2.24, 2.45) is 10.8 Å². The van der Waals surface area contributed by atoms with Gasteiger partial charge in [-0.15, -0.1) is 0 Å². The van der Waals surface area contributed by atoms with Crippen molar-refractivity contribution in [1.29, 1.82) is 0 Å². The Morgan fingerprint density at radius 2 is 0.901 bits per heavy atom. The number of pyridine rings is 2. The SMILES string of the molecule is CCOCc1nc2c(NC(=O)COCC(=O)OCCCCCC(=O)OCCOCCOC(=O)CCCCCOC(=O)COCC(=O)Nc3nc4ccccc4c4c3nc(CC)n4CC(C)(C)C)nc3ccccc3c2n1CC(C)(C)C. The molecule has 4 heterocycles. The third-order valence-electron chi connectivity index (χ3n) is 12.3. The predicted molar refractivity (Wildman–Crippen MR) is 304 cm³/mol. The lowest BCUT2D eigenvalue weighted by molar-refractivity contribution is -0.150. The van der Waals surface area contributed by atoms with Crippen LogP contribution in [0.5, 0.6) is 0 Å². The van der Waals surface area contributed by atoms with Crippen molar-refractivity contribution in [1.82, 2.24) is 29.1 Å². The monoisotopic (exact) mass is 1120 g/mol. The summed E-state index contributed by atoms with van der Waals surface area (Å²) in [6, 6.07) is 15.4. The number of amides is 2. The minimum atomic E-state index is -0.619. The van der Waals surface area contributed by atoms with E-state index in [0.29, 0.717) is 87.1 Å². The Bertz CT molecular complexity index is 3080. The number of unbranched alkanes of at least 4 members (excludes halogenated alkanes) is 4. The van der Waals surface area contributed by atoms with Crippen molar-refractivity contribution in [3.63, 3.8) is 0 Å². The number of para-hydroxylation sites is 2. The number of ether oxygens (including phenoxy) is 8. The Morgan fingerprint density at radius 1 is 0.469 bits per heavy atom. The van der Waals surface area contributed by atoms with E-state index in [2.05, 4.69) is 61.3 Å². The first-order valence-electron chi connectivity index (χ1n) is 27.9. The summed E-state index contributed by atoms with van der Waals surface area (Å²) in [6.45, 7) is 18.2. The van der Waals surface area contributed by atoms with Gasteiger partial charge < -0.3 is 57.7 Å². The Morgan fingerprint density at radius 3 is 1.35 bits per heavy atom. The maximum absolute atomic E-state index is 13.0. The van der Waals surface area contributed by atoms with Crippen LogP contribution in [0.2, 0.25) is 0 Å². The molecule has 2 aromatic carbocycles. The van der Waals surface area contributed by atoms with Gasteiger partial charge in [-0.05, 0) is 68.4 Å². The van der Waals surface area contributed by atoms with Gasteiger partial charge in [0.05, 0.1) is 48.5 Å². The van der Waals surface area contributed by atoms with Gasteiger partial charge in [-0.2, -0.15) is 0 Å². The van der Waals surface area contributed by atoms with Crippen LogP contribution in [0.3, 0.4) is 0 Å². The Hall–Kier alpha value is -7.14. The number of benzene rings is 2. The van der Waals surface area contributed by atoms with Crippen LogP contribution in [0.25, 0.3) is 43.9 Å². The molecule has 0 saturated carbocycles. The van der Waals surface area contributed by atoms with Gasteiger partial charge in [0.1, 0.15) is 68.9 Å². The van der Waals surface area contributed by atoms with E-state index in [1.807, 2.05) is 62.4 Å². The largest absolute Gasteiger partial charge is 0.464 e. The topological polar surface area (TPSA) is 262 Å². The van der Waals surface area contributed by atoms with Crippen molar-refractivity contribution in [3.05, 3.63) is 60.2 Å². The second-order valence-corrected chi connectivity index (χ2v) is 21.9. The van der Waals surface area contributed by atoms with Crippen molar-refractivity contribution >= 4 is 91.2 Å². The molecule has 4 aromatic heterocycles. The van der Waals surface area contributed by atoms with Gasteiger partial charge in [-0.1, -0.05) is 84.9 Å². The average Bonchev–Trinajstić information content (AvgIpc) is 4.16. The Labute approximate surface area is 472 Å². The van der Waals surface area contributed by atoms with Crippen molar-refractivity contribution < 1.29 is 66.7 Å². The fourth-order valence-electron chi connectivity index (χ4n) is 8.82. The molecule has 0 aliphatic carbocycles. The van der Waals surface area contributed by atoms with Crippen LogP contribution >= 0.6 is 0 Å². The Kier molecular flexibility index (Phi) is 24.3. The molecule has 0 unspecified atom stereocenters. The minimum absolute atomic E-state index is 0.0149. The molecule has 2 amide bonds. The van der Waals surface area contributed by atoms with E-state index in [1.165, 1.54) is 0 Å². The molecule has 6 rings (SSSR count). The third-order valence-corrected chi connectivity index (χ3v) is 12.3. The van der Waals surface area contributed by atoms with E-state index in [9.17, 15) is 28.8 Å². The number of nitrogens with zero attached hydrogens (tertiary/aromatic N) is 6. The summed E-state index contributed by atoms with van der Waals surface area (Å²) in [5.74, 6) is -0.734. The van der Waals surface area contributed by atoms with E-state index in [-0.39, 0.29) is 87.7 Å². The molecule has 440 valence electrons. The standard InChI is InChI=1S/C59H80N8O14/c1-9-44-62-52-54(66(44)38-58(3,4)5)40-21-15-17-23-42(40)60-56(52)64-46(68)34-76-36-50(72)78-27-19-11-13-25-48(70)80-31-29-75-30-32-81-49(71)26-14-12-20-28-79-51(73)37-77-35-47(69)65-57-53-55(41-22-16-18-24-43(41)61-57)67(39-59(6,7)8)45(63-53)33-74-10-2/h15-18,21-24H,9-14,19-20,25-39H2,1-8H3,(H,60,64,68)(H,61,65,69). The smallest absolute Gasteiger partial charge is 0.332 e. The van der Waals surface area contributed by atoms with Crippen LogP contribution in [0.4, 0.5) is 11.6 Å². The molecule has 22 heteroatoms. The summed E-state index contributed by atoms with van der Waals surface area (Å²) in [5, 5.41) is 7.49. The number of carbonyl (C=O) groups excluding carboxylic acids is 6. The lowest BCUT2D eigenvalue weighted by Gasteiger charge is -2.21. The number of nitrogens with one attached hydrogen (secondary N) is 2. The van der Waals surface area contributed by atoms with Crippen molar-refractivity contribution in [3.8, 4) is 0 Å². The number of esters is 4. The van der Waals surface area contributed by atoms with Crippen molar-refractivity contribution in [2.45, 2.75) is 133 Å². The van der Waals surface area contributed by atoms with E-state index < -0.39 is 43.6 Å². The zero-order valence-electron chi connectivity index (χ0n) is 48.3. The normalized spacial score (nSPS) is 11.9. The molecular formula is C59H80N8O14. The number of imidazole rings is 2. The van der Waals surface area contributed by atoms with Crippen LogP contribution in [0.15, 0.2) is 48.5 Å². The summed E-state index contributed by atoms with van der Waals surface area (Å²) < 4.78 is 47.1. The maximum atomic E-state index is 13.0. The Balaban J connectivity index is 0.733. The highest BCUT2D eigenvalue weighted by atomic mass is 16.6. The van der Waals surface area contributed by atoms with Gasteiger partial charge in [0.2, 0.25) is 0 Å². The maximum Gasteiger partial charge on any atom is 0.332 e. The fourth-order valence-corrected chi connectivity index (χ4v) is 8.82. The zero-order chi connectivity index (χ0) is 58.4. The first-order chi connectivity index (χ1) is 38.8. The van der Waals surface area contributed by atoms with Gasteiger partial charge in [-0.3, -0.25) is 19.2 Å². The highest BCUT2D eigenvalue weighted by Gasteiger charge is 2.25. The van der Waals surface area contributed by atoms with E-state index in [1.54, 1.807) is 0 Å². The van der Waals surface area contributed by atoms with Gasteiger partial charge in [0.25, 0.3) is 11.8 Å². The first-order valence-corrected chi connectivity index (χ1v) is 27.9. The highest BCUT2D eigenvalue weighted by Crippen LogP contribution is 2.34. The molecule has 81 heavy (non-hydrogen) atoms. The molecule has 0 spiro atoms. The summed E-state index contributed by atoms with van der Waals surface area (Å²) in [6.07, 6.45) is 4.45. The molecule has 0 saturated heterocycles. The lowest BCUT2D eigenvalue weighted by Crippen LogP contribution is -2.22. The number of rotatable bonds is 34. The van der Waals surface area contributed by atoms with Gasteiger partial charge in [0.15, 0.2) is 11.6 Å². The van der Waals surface area contributed by atoms with Crippen LogP contribution in [0, 0.1) is 10.8 Å². The van der Waals surface area contributed by atoms with E-state index in [4.69, 9.17) is 57.8 Å². The number of aromatic nitrogens is 6. The molecular weight excluding hydrogens is 1040 g/mol. The highest BCUT2D eigenvalue weighted by molar-refractivity contribution is 6.11. The summed E-state index contributed by atoms with van der Waals surface area (Å²) in [5.41, 5.74) is 4.22. The number of fused-ring (bicyclic) bond motifs is 6. The van der Waals surface area contributed by atoms with Gasteiger partial charge in [0, 0.05) is 49.7 Å². The van der Waals surface area contributed by atoms with E-state index in [0.717, 1.165) is 45.5 Å². The average molecular weight is 1130 g/mol. The quantitative estimate of drug-likeness (QED) is 0.0218. The summed E-state index contributed by atoms with van der Waals surface area (Å²) >= 11 is 0. The molecule has 22 nitrogen and oxygen atoms in total. The van der Waals surface area contributed by atoms with Crippen LogP contribution in [-0.4, -0.2) is 137 Å². The molecule has 2 N–H and O–H groups in total. The molecule has 0 radical (unpaired) electrons. The fraction of sp³-hybridized carbons (Fsp3) is 0.559. The number of anilines is 2. The second-order valence-electron chi connectivity index (χ2n) is 21.9. The number of aryl methyl sites for hydroxylation is 1. The predicted octanol–water partition coefficient (Wildman–Crippen LogP) is 8.59.